The second kappa shape index (κ2) is 8.38. The third kappa shape index (κ3) is 3.60. The summed E-state index contributed by atoms with van der Waals surface area (Å²) in [4.78, 5) is 19.5. The monoisotopic (exact) mass is 444 g/mol. The molecule has 0 radical (unpaired) electrons. The lowest BCUT2D eigenvalue weighted by atomic mass is 10.1. The lowest BCUT2D eigenvalue weighted by Gasteiger charge is -2.16. The molecule has 0 saturated heterocycles. The summed E-state index contributed by atoms with van der Waals surface area (Å²) in [5.41, 5.74) is 1.81. The van der Waals surface area contributed by atoms with Gasteiger partial charge in [-0.3, -0.25) is 4.79 Å². The normalized spacial score (nSPS) is 10.4. The molecule has 0 aliphatic rings. The number of aromatic nitrogens is 2. The number of hydrogen-bond donors (Lipinski definition) is 3. The highest BCUT2D eigenvalue weighted by Crippen LogP contribution is 2.36. The van der Waals surface area contributed by atoms with Crippen LogP contribution in [0.25, 0.3) is 10.9 Å². The maximum atomic E-state index is 14.5. The summed E-state index contributed by atoms with van der Waals surface area (Å²) in [6.07, 6.45) is 1.25. The van der Waals surface area contributed by atoms with Crippen LogP contribution >= 0.6 is 11.6 Å². The number of nitriles is 2. The van der Waals surface area contributed by atoms with Crippen LogP contribution in [0.15, 0.2) is 53.6 Å². The predicted molar refractivity (Wildman–Crippen MR) is 121 cm³/mol. The van der Waals surface area contributed by atoms with Crippen LogP contribution in [-0.4, -0.2) is 9.97 Å². The van der Waals surface area contributed by atoms with Crippen molar-refractivity contribution in [3.05, 3.63) is 86.7 Å². The molecule has 156 valence electrons. The second-order valence-corrected chi connectivity index (χ2v) is 7.28. The first-order valence-electron chi connectivity index (χ1n) is 9.37. The fraction of sp³-hybridized carbons (Fsp3) is 0.0435. The van der Waals surface area contributed by atoms with E-state index in [9.17, 15) is 14.4 Å². The van der Waals surface area contributed by atoms with E-state index in [0.717, 1.165) is 17.3 Å². The average molecular weight is 445 g/mol. The molecule has 3 aromatic carbocycles. The minimum Gasteiger partial charge on any atom is -0.355 e. The number of aryl methyl sites for hydroxylation is 1. The van der Waals surface area contributed by atoms with Gasteiger partial charge in [-0.1, -0.05) is 29.8 Å². The number of fused-ring (bicyclic) bond motifs is 1. The van der Waals surface area contributed by atoms with Gasteiger partial charge in [0.2, 0.25) is 0 Å². The van der Waals surface area contributed by atoms with E-state index in [0.29, 0.717) is 11.4 Å². The molecule has 0 spiro atoms. The maximum absolute atomic E-state index is 14.5. The zero-order valence-corrected chi connectivity index (χ0v) is 17.4. The molecule has 0 aliphatic carbocycles. The minimum atomic E-state index is -0.977. The summed E-state index contributed by atoms with van der Waals surface area (Å²) in [6, 6.07) is 15.5. The van der Waals surface area contributed by atoms with Crippen LogP contribution in [0.2, 0.25) is 5.02 Å². The Morgan fingerprint density at radius 2 is 1.81 bits per heavy atom. The number of anilines is 4. The summed E-state index contributed by atoms with van der Waals surface area (Å²) >= 11 is 6.22. The lowest BCUT2D eigenvalue weighted by molar-refractivity contribution is 0.621. The fourth-order valence-electron chi connectivity index (χ4n) is 3.32. The zero-order chi connectivity index (χ0) is 22.8. The molecular formula is C23H14ClFN6O. The molecule has 1 heterocycles. The van der Waals surface area contributed by atoms with Crippen LogP contribution in [-0.2, 0) is 0 Å². The third-order valence-electron chi connectivity index (χ3n) is 4.92. The Bertz CT molecular complexity index is 1520. The highest BCUT2D eigenvalue weighted by atomic mass is 35.5. The molecule has 4 rings (SSSR count). The van der Waals surface area contributed by atoms with Gasteiger partial charge in [0.15, 0.2) is 5.82 Å². The van der Waals surface area contributed by atoms with Gasteiger partial charge in [0.05, 0.1) is 39.4 Å². The smallest absolute Gasteiger partial charge is 0.260 e. The standard InChI is InChI=1S/C23H14ClFN6O/c1-12-4-2-3-5-16(12)30-17-6-7-18(22-19(17)23(32)29-11-28-22)31-21-14(10-27)20(25)13(9-26)8-15(21)24/h2-8,11,30-31H,1H3,(H,28,29,32). The summed E-state index contributed by atoms with van der Waals surface area (Å²) < 4.78 is 14.5. The summed E-state index contributed by atoms with van der Waals surface area (Å²) in [5, 5.41) is 24.9. The highest BCUT2D eigenvalue weighted by Gasteiger charge is 2.20. The summed E-state index contributed by atoms with van der Waals surface area (Å²) in [5.74, 6) is -0.977. The Labute approximate surface area is 186 Å². The Balaban J connectivity index is 1.87. The molecule has 1 aromatic heterocycles. The summed E-state index contributed by atoms with van der Waals surface area (Å²) in [6.45, 7) is 1.94. The molecule has 0 amide bonds. The lowest BCUT2D eigenvalue weighted by Crippen LogP contribution is -2.10. The van der Waals surface area contributed by atoms with E-state index in [-0.39, 0.29) is 32.7 Å². The number of H-pyrrole nitrogens is 1. The number of aromatic amines is 1. The first-order valence-corrected chi connectivity index (χ1v) is 9.74. The molecule has 9 heteroatoms. The Morgan fingerprint density at radius 1 is 1.06 bits per heavy atom. The number of nitrogens with one attached hydrogen (secondary N) is 3. The SMILES string of the molecule is Cc1ccccc1Nc1ccc(Nc2c(Cl)cc(C#N)c(F)c2C#N)c2nc[nH]c(=O)c12. The fourth-order valence-corrected chi connectivity index (χ4v) is 3.57. The van der Waals surface area contributed by atoms with Gasteiger partial charge in [0.25, 0.3) is 5.56 Å². The van der Waals surface area contributed by atoms with Crippen LogP contribution in [0.1, 0.15) is 16.7 Å². The topological polar surface area (TPSA) is 117 Å². The van der Waals surface area contributed by atoms with E-state index >= 15 is 0 Å². The van der Waals surface area contributed by atoms with E-state index < -0.39 is 11.4 Å². The van der Waals surface area contributed by atoms with E-state index in [4.69, 9.17) is 16.9 Å². The van der Waals surface area contributed by atoms with Crippen molar-refractivity contribution in [3.63, 3.8) is 0 Å². The summed E-state index contributed by atoms with van der Waals surface area (Å²) in [7, 11) is 0. The molecule has 3 N–H and O–H groups in total. The predicted octanol–water partition coefficient (Wildman–Crippen LogP) is 5.25. The Hall–Kier alpha value is -4.40. The molecule has 0 unspecified atom stereocenters. The van der Waals surface area contributed by atoms with Gasteiger partial charge in [-0.15, -0.1) is 0 Å². The van der Waals surface area contributed by atoms with Gasteiger partial charge >= 0.3 is 0 Å². The van der Waals surface area contributed by atoms with Crippen LogP contribution in [0.4, 0.5) is 27.1 Å². The van der Waals surface area contributed by atoms with Crippen LogP contribution in [0, 0.1) is 35.4 Å². The molecule has 0 atom stereocenters. The first kappa shape index (κ1) is 20.9. The number of halogens is 2. The van der Waals surface area contributed by atoms with Crippen LogP contribution in [0.5, 0.6) is 0 Å². The number of hydrogen-bond acceptors (Lipinski definition) is 6. The van der Waals surface area contributed by atoms with Gasteiger partial charge in [-0.05, 0) is 36.8 Å². The van der Waals surface area contributed by atoms with Crippen molar-refractivity contribution < 1.29 is 4.39 Å². The minimum absolute atomic E-state index is 0.0143. The zero-order valence-electron chi connectivity index (χ0n) is 16.6. The van der Waals surface area contributed by atoms with Gasteiger partial charge in [0, 0.05) is 5.69 Å². The Kier molecular flexibility index (Phi) is 5.46. The van der Waals surface area contributed by atoms with Gasteiger partial charge in [0.1, 0.15) is 23.2 Å². The first-order chi connectivity index (χ1) is 15.4. The number of rotatable bonds is 4. The maximum Gasteiger partial charge on any atom is 0.260 e. The highest BCUT2D eigenvalue weighted by molar-refractivity contribution is 6.34. The molecule has 0 bridgehead atoms. The quantitative estimate of drug-likeness (QED) is 0.395. The molecular weight excluding hydrogens is 431 g/mol. The van der Waals surface area contributed by atoms with Crippen molar-refractivity contribution in [2.24, 2.45) is 0 Å². The van der Waals surface area contributed by atoms with Crippen molar-refractivity contribution in [2.75, 3.05) is 10.6 Å². The van der Waals surface area contributed by atoms with Crippen molar-refractivity contribution in [1.82, 2.24) is 9.97 Å². The molecule has 0 aliphatic heterocycles. The largest absolute Gasteiger partial charge is 0.355 e. The molecule has 7 nitrogen and oxygen atoms in total. The molecule has 4 aromatic rings. The molecule has 0 saturated carbocycles. The average Bonchev–Trinajstić information content (AvgIpc) is 2.79. The molecule has 32 heavy (non-hydrogen) atoms. The van der Waals surface area contributed by atoms with Crippen molar-refractivity contribution in [2.45, 2.75) is 6.92 Å². The number of nitrogens with zero attached hydrogens (tertiary/aromatic N) is 3. The van der Waals surface area contributed by atoms with E-state index in [1.807, 2.05) is 31.2 Å². The van der Waals surface area contributed by atoms with E-state index in [1.165, 1.54) is 6.33 Å². The van der Waals surface area contributed by atoms with Crippen molar-refractivity contribution >= 4 is 45.3 Å². The Morgan fingerprint density at radius 3 is 2.53 bits per heavy atom. The van der Waals surface area contributed by atoms with Crippen LogP contribution < -0.4 is 16.2 Å². The van der Waals surface area contributed by atoms with Crippen molar-refractivity contribution in [1.29, 1.82) is 10.5 Å². The van der Waals surface area contributed by atoms with E-state index in [2.05, 4.69) is 20.6 Å². The second-order valence-electron chi connectivity index (χ2n) is 6.87. The van der Waals surface area contributed by atoms with Gasteiger partial charge in [-0.2, -0.15) is 10.5 Å². The van der Waals surface area contributed by atoms with Gasteiger partial charge in [-0.25, -0.2) is 9.37 Å². The molecule has 0 fully saturated rings. The number of benzene rings is 3. The van der Waals surface area contributed by atoms with E-state index in [1.54, 1.807) is 24.3 Å². The van der Waals surface area contributed by atoms with Crippen LogP contribution in [0.3, 0.4) is 0 Å². The van der Waals surface area contributed by atoms with Crippen molar-refractivity contribution in [3.8, 4) is 12.1 Å². The van der Waals surface area contributed by atoms with Gasteiger partial charge < -0.3 is 15.6 Å². The number of para-hydroxylation sites is 1. The third-order valence-corrected chi connectivity index (χ3v) is 5.21.